The first-order chi connectivity index (χ1) is 18.4. The Morgan fingerprint density at radius 1 is 1.18 bits per heavy atom. The van der Waals surface area contributed by atoms with Gasteiger partial charge in [0.15, 0.2) is 0 Å². The van der Waals surface area contributed by atoms with E-state index in [2.05, 4.69) is 36.7 Å². The first-order valence-electron chi connectivity index (χ1n) is 13.2. The third kappa shape index (κ3) is 5.81. The number of rotatable bonds is 9. The van der Waals surface area contributed by atoms with Crippen molar-refractivity contribution in [3.05, 3.63) is 63.4 Å². The molecule has 10 heteroatoms. The summed E-state index contributed by atoms with van der Waals surface area (Å²) in [6.07, 6.45) is 1.64. The van der Waals surface area contributed by atoms with E-state index in [1.165, 1.54) is 12.1 Å². The zero-order valence-corrected chi connectivity index (χ0v) is 23.9. The molecule has 2 amide bonds. The molecule has 0 aliphatic carbocycles. The van der Waals surface area contributed by atoms with Crippen LogP contribution in [0.15, 0.2) is 36.4 Å². The van der Waals surface area contributed by atoms with Crippen LogP contribution in [0.25, 0.3) is 0 Å². The average Bonchev–Trinajstić information content (AvgIpc) is 3.33. The van der Waals surface area contributed by atoms with Crippen molar-refractivity contribution in [1.29, 1.82) is 0 Å². The molecule has 2 aliphatic heterocycles. The van der Waals surface area contributed by atoms with Crippen molar-refractivity contribution in [1.82, 2.24) is 10.6 Å². The van der Waals surface area contributed by atoms with Crippen LogP contribution in [0.4, 0.5) is 10.1 Å². The van der Waals surface area contributed by atoms with Gasteiger partial charge in [-0.05, 0) is 60.1 Å². The van der Waals surface area contributed by atoms with Gasteiger partial charge < -0.3 is 26.2 Å². The summed E-state index contributed by atoms with van der Waals surface area (Å²) < 4.78 is 15.0. The Morgan fingerprint density at radius 3 is 2.54 bits per heavy atom. The monoisotopic (exact) mass is 579 g/mol. The molecular weight excluding hydrogens is 544 g/mol. The SMILES string of the molecule is CC(C)(C)C[C@H]1N[C@@H](C(=O)NCCCC(CO)CO)[C@H](c2cccc(Cl)c2)[C@@]12C(=O)Nc1cc(Cl)c(F)cc12. The Bertz CT molecular complexity index is 1230. The number of hydrogen-bond acceptors (Lipinski definition) is 5. The summed E-state index contributed by atoms with van der Waals surface area (Å²) in [4.78, 5) is 27.8. The molecule has 2 aromatic carbocycles. The van der Waals surface area contributed by atoms with Gasteiger partial charge in [0.2, 0.25) is 11.8 Å². The van der Waals surface area contributed by atoms with E-state index in [0.717, 1.165) is 0 Å². The number of hydrogen-bond donors (Lipinski definition) is 5. The minimum absolute atomic E-state index is 0.0953. The zero-order chi connectivity index (χ0) is 28.5. The van der Waals surface area contributed by atoms with Crippen LogP contribution in [0.1, 0.15) is 57.1 Å². The first kappa shape index (κ1) is 29.7. The van der Waals surface area contributed by atoms with E-state index in [9.17, 15) is 24.2 Å². The van der Waals surface area contributed by atoms with Crippen molar-refractivity contribution < 1.29 is 24.2 Å². The molecule has 0 bridgehead atoms. The molecule has 39 heavy (non-hydrogen) atoms. The highest BCUT2D eigenvalue weighted by Crippen LogP contribution is 2.57. The molecule has 2 heterocycles. The molecule has 0 unspecified atom stereocenters. The summed E-state index contributed by atoms with van der Waals surface area (Å²) in [5.41, 5.74) is 0.0431. The van der Waals surface area contributed by atoms with Gasteiger partial charge in [0.1, 0.15) is 11.2 Å². The van der Waals surface area contributed by atoms with Crippen molar-refractivity contribution in [2.24, 2.45) is 11.3 Å². The number of anilines is 1. The van der Waals surface area contributed by atoms with Gasteiger partial charge >= 0.3 is 0 Å². The van der Waals surface area contributed by atoms with Crippen LogP contribution in [0.2, 0.25) is 10.0 Å². The van der Waals surface area contributed by atoms with E-state index < -0.39 is 29.2 Å². The molecule has 4 rings (SSSR count). The fourth-order valence-electron chi connectivity index (χ4n) is 6.09. The highest BCUT2D eigenvalue weighted by Gasteiger charge is 2.65. The maximum absolute atomic E-state index is 15.0. The van der Waals surface area contributed by atoms with Crippen molar-refractivity contribution in [2.45, 2.75) is 63.5 Å². The van der Waals surface area contributed by atoms with Gasteiger partial charge in [-0.25, -0.2) is 4.39 Å². The largest absolute Gasteiger partial charge is 0.396 e. The van der Waals surface area contributed by atoms with Crippen molar-refractivity contribution >= 4 is 40.7 Å². The normalized spacial score (nSPS) is 24.3. The minimum Gasteiger partial charge on any atom is -0.396 e. The Hall–Kier alpha value is -2.23. The number of halogens is 3. The molecule has 0 saturated carbocycles. The van der Waals surface area contributed by atoms with Crippen LogP contribution in [-0.2, 0) is 15.0 Å². The molecule has 2 aliphatic rings. The van der Waals surface area contributed by atoms with Crippen LogP contribution in [-0.4, -0.2) is 53.9 Å². The van der Waals surface area contributed by atoms with Crippen LogP contribution in [0.3, 0.4) is 0 Å². The van der Waals surface area contributed by atoms with Gasteiger partial charge in [-0.15, -0.1) is 0 Å². The van der Waals surface area contributed by atoms with Crippen LogP contribution in [0, 0.1) is 17.2 Å². The lowest BCUT2D eigenvalue weighted by Crippen LogP contribution is -2.49. The van der Waals surface area contributed by atoms with Crippen LogP contribution < -0.4 is 16.0 Å². The van der Waals surface area contributed by atoms with Crippen molar-refractivity contribution in [3.8, 4) is 0 Å². The topological polar surface area (TPSA) is 111 Å². The summed E-state index contributed by atoms with van der Waals surface area (Å²) in [6, 6.07) is 8.50. The Balaban J connectivity index is 1.80. The predicted molar refractivity (Wildman–Crippen MR) is 151 cm³/mol. The fraction of sp³-hybridized carbons (Fsp3) is 0.517. The number of aliphatic hydroxyl groups is 2. The molecule has 0 aromatic heterocycles. The molecule has 1 fully saturated rings. The Morgan fingerprint density at radius 2 is 1.90 bits per heavy atom. The highest BCUT2D eigenvalue weighted by molar-refractivity contribution is 6.31. The van der Waals surface area contributed by atoms with Crippen molar-refractivity contribution in [2.75, 3.05) is 25.1 Å². The molecular formula is C29H36Cl2FN3O4. The second-order valence-electron chi connectivity index (χ2n) is 11.8. The zero-order valence-electron chi connectivity index (χ0n) is 22.4. The van der Waals surface area contributed by atoms with Gasteiger partial charge in [0, 0.05) is 48.3 Å². The third-order valence-electron chi connectivity index (χ3n) is 7.80. The lowest BCUT2D eigenvalue weighted by atomic mass is 9.62. The quantitative estimate of drug-likeness (QED) is 0.283. The van der Waals surface area contributed by atoms with E-state index in [1.807, 2.05) is 6.07 Å². The number of carbonyl (C=O) groups is 2. The maximum Gasteiger partial charge on any atom is 0.237 e. The summed E-state index contributed by atoms with van der Waals surface area (Å²) in [7, 11) is 0. The van der Waals surface area contributed by atoms with Crippen LogP contribution >= 0.6 is 23.2 Å². The number of benzene rings is 2. The molecule has 5 N–H and O–H groups in total. The van der Waals surface area contributed by atoms with Gasteiger partial charge in [0.05, 0.1) is 11.1 Å². The highest BCUT2D eigenvalue weighted by atomic mass is 35.5. The Labute approximate surface area is 238 Å². The molecule has 1 saturated heterocycles. The minimum atomic E-state index is -1.31. The Kier molecular flexibility index (Phi) is 8.93. The van der Waals surface area contributed by atoms with Gasteiger partial charge in [0.25, 0.3) is 0 Å². The third-order valence-corrected chi connectivity index (χ3v) is 8.32. The molecule has 0 radical (unpaired) electrons. The molecule has 212 valence electrons. The van der Waals surface area contributed by atoms with Crippen molar-refractivity contribution in [3.63, 3.8) is 0 Å². The second kappa shape index (κ2) is 11.7. The molecule has 4 atom stereocenters. The number of amides is 2. The first-order valence-corrected chi connectivity index (χ1v) is 14.0. The smallest absolute Gasteiger partial charge is 0.237 e. The lowest BCUT2D eigenvalue weighted by Gasteiger charge is -2.37. The van der Waals surface area contributed by atoms with E-state index in [0.29, 0.717) is 47.6 Å². The second-order valence-corrected chi connectivity index (χ2v) is 12.6. The summed E-state index contributed by atoms with van der Waals surface area (Å²) in [5.74, 6) is -2.20. The standard InChI is InChI=1S/C29H36Cl2FN3O4/c1-28(2,3)13-23-29(19-11-21(32)20(31)12-22(19)34-27(29)39)24(17-7-4-8-18(30)10-17)25(35-23)26(38)33-9-5-6-16(14-36)15-37/h4,7-8,10-12,16,23-25,35-37H,5-6,9,13-15H2,1-3H3,(H,33,38)(H,34,39)/t23-,24+,25-,29+/m1/s1. The van der Waals surface area contributed by atoms with Gasteiger partial charge in [-0.1, -0.05) is 56.1 Å². The number of carbonyl (C=O) groups excluding carboxylic acids is 2. The van der Waals surface area contributed by atoms with E-state index in [-0.39, 0.29) is 41.4 Å². The summed E-state index contributed by atoms with van der Waals surface area (Å²) in [6.45, 7) is 6.24. The number of fused-ring (bicyclic) bond motifs is 2. The number of aliphatic hydroxyl groups excluding tert-OH is 2. The molecule has 1 spiro atoms. The van der Waals surface area contributed by atoms with E-state index >= 15 is 0 Å². The summed E-state index contributed by atoms with van der Waals surface area (Å²) >= 11 is 12.5. The number of nitrogens with one attached hydrogen (secondary N) is 3. The van der Waals surface area contributed by atoms with Gasteiger partial charge in [-0.3, -0.25) is 9.59 Å². The molecule has 7 nitrogen and oxygen atoms in total. The molecule has 2 aromatic rings. The lowest BCUT2D eigenvalue weighted by molar-refractivity contribution is -0.123. The fourth-order valence-corrected chi connectivity index (χ4v) is 6.45. The van der Waals surface area contributed by atoms with E-state index in [4.69, 9.17) is 23.2 Å². The van der Waals surface area contributed by atoms with Gasteiger partial charge in [-0.2, -0.15) is 0 Å². The average molecular weight is 581 g/mol. The maximum atomic E-state index is 15.0. The van der Waals surface area contributed by atoms with Crippen LogP contribution in [0.5, 0.6) is 0 Å². The predicted octanol–water partition coefficient (Wildman–Crippen LogP) is 4.38. The van der Waals surface area contributed by atoms with E-state index in [1.54, 1.807) is 18.2 Å². The summed E-state index contributed by atoms with van der Waals surface area (Å²) in [5, 5.41) is 28.4.